The summed E-state index contributed by atoms with van der Waals surface area (Å²) in [4.78, 5) is 0. The predicted octanol–water partition coefficient (Wildman–Crippen LogP) is -0.268. The minimum Gasteiger partial charge on any atom is -0.201 e. The molecule has 2 N–H and O–H groups in total. The van der Waals surface area contributed by atoms with Gasteiger partial charge in [0, 0.05) is 12.6 Å². The summed E-state index contributed by atoms with van der Waals surface area (Å²) in [6, 6.07) is 2.06. The van der Waals surface area contributed by atoms with Gasteiger partial charge in [0.25, 0.3) is 10.2 Å². The van der Waals surface area contributed by atoms with Gasteiger partial charge in [-0.2, -0.15) is 18.4 Å². The second kappa shape index (κ2) is 4.05. The molecule has 1 saturated carbocycles. The SMILES string of the molecule is CC(C#N)CNS(=O)(=O)NC1CC1. The molecule has 5 nitrogen and oxygen atoms in total. The Morgan fingerprint density at radius 2 is 2.23 bits per heavy atom. The zero-order valence-electron chi connectivity index (χ0n) is 7.45. The van der Waals surface area contributed by atoms with Crippen LogP contribution in [-0.4, -0.2) is 21.0 Å². The van der Waals surface area contributed by atoms with Crippen LogP contribution >= 0.6 is 0 Å². The van der Waals surface area contributed by atoms with Crippen LogP contribution in [0.4, 0.5) is 0 Å². The van der Waals surface area contributed by atoms with E-state index in [0.29, 0.717) is 0 Å². The van der Waals surface area contributed by atoms with Gasteiger partial charge in [-0.25, -0.2) is 4.72 Å². The summed E-state index contributed by atoms with van der Waals surface area (Å²) in [5, 5.41) is 8.42. The van der Waals surface area contributed by atoms with Crippen molar-refractivity contribution in [3.05, 3.63) is 0 Å². The minimum absolute atomic E-state index is 0.106. The molecule has 0 bridgehead atoms. The molecule has 0 aromatic heterocycles. The van der Waals surface area contributed by atoms with Crippen LogP contribution in [-0.2, 0) is 10.2 Å². The first kappa shape index (κ1) is 10.4. The molecule has 6 heteroatoms. The van der Waals surface area contributed by atoms with Gasteiger partial charge in [-0.15, -0.1) is 0 Å². The largest absolute Gasteiger partial charge is 0.277 e. The van der Waals surface area contributed by atoms with Crippen molar-refractivity contribution in [2.24, 2.45) is 5.92 Å². The van der Waals surface area contributed by atoms with Crippen LogP contribution in [0.3, 0.4) is 0 Å². The van der Waals surface area contributed by atoms with Crippen molar-refractivity contribution in [2.75, 3.05) is 6.54 Å². The van der Waals surface area contributed by atoms with Crippen molar-refractivity contribution < 1.29 is 8.42 Å². The molecular weight excluding hydrogens is 190 g/mol. The van der Waals surface area contributed by atoms with E-state index >= 15 is 0 Å². The smallest absolute Gasteiger partial charge is 0.201 e. The third-order valence-electron chi connectivity index (χ3n) is 1.70. The van der Waals surface area contributed by atoms with Crippen LogP contribution in [0.25, 0.3) is 0 Å². The minimum atomic E-state index is -3.37. The van der Waals surface area contributed by atoms with Gasteiger partial charge < -0.3 is 0 Å². The standard InChI is InChI=1S/C7H13N3O2S/c1-6(4-8)5-9-13(11,12)10-7-2-3-7/h6-7,9-10H,2-3,5H2,1H3. The van der Waals surface area contributed by atoms with Gasteiger partial charge in [0.1, 0.15) is 0 Å². The van der Waals surface area contributed by atoms with Crippen LogP contribution in [0.2, 0.25) is 0 Å². The maximum atomic E-state index is 11.2. The Morgan fingerprint density at radius 1 is 1.62 bits per heavy atom. The van der Waals surface area contributed by atoms with E-state index in [0.717, 1.165) is 12.8 Å². The number of rotatable bonds is 5. The van der Waals surface area contributed by atoms with E-state index in [2.05, 4.69) is 9.44 Å². The van der Waals surface area contributed by atoms with Crippen LogP contribution in [0.1, 0.15) is 19.8 Å². The average Bonchev–Trinajstić information content (AvgIpc) is 2.83. The fourth-order valence-electron chi connectivity index (χ4n) is 0.743. The van der Waals surface area contributed by atoms with Crippen LogP contribution < -0.4 is 9.44 Å². The molecular formula is C7H13N3O2S. The summed E-state index contributed by atoms with van der Waals surface area (Å²) in [5.41, 5.74) is 0. The van der Waals surface area contributed by atoms with Gasteiger partial charge in [0.15, 0.2) is 0 Å². The maximum Gasteiger partial charge on any atom is 0.277 e. The van der Waals surface area contributed by atoms with Gasteiger partial charge >= 0.3 is 0 Å². The van der Waals surface area contributed by atoms with Gasteiger partial charge in [-0.05, 0) is 19.8 Å². The highest BCUT2D eigenvalue weighted by Gasteiger charge is 2.26. The third-order valence-corrected chi connectivity index (χ3v) is 2.89. The topological polar surface area (TPSA) is 82.0 Å². The van der Waals surface area contributed by atoms with Gasteiger partial charge in [-0.3, -0.25) is 0 Å². The Morgan fingerprint density at radius 3 is 2.69 bits per heavy atom. The average molecular weight is 203 g/mol. The van der Waals surface area contributed by atoms with E-state index in [1.165, 1.54) is 0 Å². The molecule has 1 atom stereocenters. The molecule has 0 aliphatic heterocycles. The highest BCUT2D eigenvalue weighted by atomic mass is 32.2. The lowest BCUT2D eigenvalue weighted by Gasteiger charge is -2.07. The summed E-state index contributed by atoms with van der Waals surface area (Å²) in [6.45, 7) is 1.83. The zero-order chi connectivity index (χ0) is 9.90. The summed E-state index contributed by atoms with van der Waals surface area (Å²) >= 11 is 0. The summed E-state index contributed by atoms with van der Waals surface area (Å²) in [5.74, 6) is -0.296. The number of nitrogens with one attached hydrogen (secondary N) is 2. The molecule has 0 heterocycles. The number of hydrogen-bond donors (Lipinski definition) is 2. The van der Waals surface area contributed by atoms with Crippen molar-refractivity contribution in [1.82, 2.24) is 9.44 Å². The van der Waals surface area contributed by atoms with Crippen LogP contribution in [0, 0.1) is 17.2 Å². The lowest BCUT2D eigenvalue weighted by Crippen LogP contribution is -2.39. The zero-order valence-corrected chi connectivity index (χ0v) is 8.26. The lowest BCUT2D eigenvalue weighted by atomic mass is 10.2. The van der Waals surface area contributed by atoms with Crippen molar-refractivity contribution in [3.63, 3.8) is 0 Å². The molecule has 74 valence electrons. The van der Waals surface area contributed by atoms with Crippen molar-refractivity contribution in [1.29, 1.82) is 5.26 Å². The van der Waals surface area contributed by atoms with Crippen LogP contribution in [0.15, 0.2) is 0 Å². The van der Waals surface area contributed by atoms with E-state index < -0.39 is 10.2 Å². The maximum absolute atomic E-state index is 11.2. The van der Waals surface area contributed by atoms with Crippen molar-refractivity contribution >= 4 is 10.2 Å². The highest BCUT2D eigenvalue weighted by Crippen LogP contribution is 2.19. The monoisotopic (exact) mass is 203 g/mol. The lowest BCUT2D eigenvalue weighted by molar-refractivity contribution is 0.557. The molecule has 0 spiro atoms. The fraction of sp³-hybridized carbons (Fsp3) is 0.857. The van der Waals surface area contributed by atoms with Crippen LogP contribution in [0.5, 0.6) is 0 Å². The molecule has 0 aromatic carbocycles. The number of nitrogens with zero attached hydrogens (tertiary/aromatic N) is 1. The highest BCUT2D eigenvalue weighted by molar-refractivity contribution is 7.87. The molecule has 1 aliphatic carbocycles. The van der Waals surface area contributed by atoms with Gasteiger partial charge in [0.05, 0.1) is 12.0 Å². The molecule has 0 radical (unpaired) electrons. The Kier molecular flexibility index (Phi) is 3.25. The van der Waals surface area contributed by atoms with E-state index in [9.17, 15) is 8.42 Å². The summed E-state index contributed by atoms with van der Waals surface area (Å²) < 4.78 is 27.1. The third kappa shape index (κ3) is 4.22. The van der Waals surface area contributed by atoms with Crippen molar-refractivity contribution in [2.45, 2.75) is 25.8 Å². The fourth-order valence-corrected chi connectivity index (χ4v) is 1.97. The Balaban J connectivity index is 2.29. The number of nitriles is 1. The quantitative estimate of drug-likeness (QED) is 0.645. The Bertz CT molecular complexity index is 302. The molecule has 13 heavy (non-hydrogen) atoms. The van der Waals surface area contributed by atoms with Crippen molar-refractivity contribution in [3.8, 4) is 6.07 Å². The number of hydrogen-bond acceptors (Lipinski definition) is 3. The Labute approximate surface area is 78.3 Å². The normalized spacial score (nSPS) is 19.4. The van der Waals surface area contributed by atoms with E-state index in [1.54, 1.807) is 6.92 Å². The molecule has 0 amide bonds. The molecule has 1 unspecified atom stereocenters. The first-order valence-corrected chi connectivity index (χ1v) is 5.68. The van der Waals surface area contributed by atoms with Gasteiger partial charge in [0.2, 0.25) is 0 Å². The second-order valence-electron chi connectivity index (χ2n) is 3.27. The first-order chi connectivity index (χ1) is 6.03. The summed E-state index contributed by atoms with van der Waals surface area (Å²) in [7, 11) is -3.37. The summed E-state index contributed by atoms with van der Waals surface area (Å²) in [6.07, 6.45) is 1.82. The van der Waals surface area contributed by atoms with E-state index in [4.69, 9.17) is 5.26 Å². The molecule has 0 aromatic rings. The molecule has 1 fully saturated rings. The molecule has 0 saturated heterocycles. The first-order valence-electron chi connectivity index (χ1n) is 4.20. The molecule has 1 aliphatic rings. The van der Waals surface area contributed by atoms with E-state index in [1.807, 2.05) is 6.07 Å². The molecule has 1 rings (SSSR count). The predicted molar refractivity (Wildman–Crippen MR) is 47.9 cm³/mol. The Hall–Kier alpha value is -0.640. The van der Waals surface area contributed by atoms with E-state index in [-0.39, 0.29) is 18.5 Å². The van der Waals surface area contributed by atoms with Gasteiger partial charge in [-0.1, -0.05) is 0 Å². The second-order valence-corrected chi connectivity index (χ2v) is 4.81.